The maximum atomic E-state index is 5.59. The van der Waals surface area contributed by atoms with E-state index in [-0.39, 0.29) is 6.04 Å². The highest BCUT2D eigenvalue weighted by atomic mass is 16.3. The molecule has 3 heteroatoms. The van der Waals surface area contributed by atoms with Gasteiger partial charge in [0.1, 0.15) is 11.5 Å². The molecule has 0 spiro atoms. The van der Waals surface area contributed by atoms with Crippen molar-refractivity contribution in [1.29, 1.82) is 0 Å². The lowest BCUT2D eigenvalue weighted by atomic mass is 10.1. The van der Waals surface area contributed by atoms with Gasteiger partial charge in [0.2, 0.25) is 0 Å². The van der Waals surface area contributed by atoms with Crippen molar-refractivity contribution in [2.75, 3.05) is 0 Å². The molecule has 0 aliphatic carbocycles. The predicted octanol–water partition coefficient (Wildman–Crippen LogP) is 3.14. The highest BCUT2D eigenvalue weighted by molar-refractivity contribution is 5.21. The molecule has 0 aliphatic rings. The minimum Gasteiger partial charge on any atom is -0.465 e. The van der Waals surface area contributed by atoms with Crippen LogP contribution in [0.2, 0.25) is 0 Å². The van der Waals surface area contributed by atoms with E-state index < -0.39 is 0 Å². The molecule has 2 aromatic heterocycles. The summed E-state index contributed by atoms with van der Waals surface area (Å²) in [5.41, 5.74) is 2.48. The Hall–Kier alpha value is -1.61. The van der Waals surface area contributed by atoms with E-state index in [1.54, 1.807) is 0 Å². The summed E-state index contributed by atoms with van der Waals surface area (Å²) in [7, 11) is 0. The summed E-state index contributed by atoms with van der Waals surface area (Å²) >= 11 is 0. The van der Waals surface area contributed by atoms with E-state index in [0.29, 0.717) is 0 Å². The Kier molecular flexibility index (Phi) is 3.59. The standard InChI is InChI=1S/C14H18N2O/c1-10-6-7-15-8-13(10)9-16-12(3)14-5-4-11(2)17-14/h4-8,12,16H,9H2,1-3H3. The predicted molar refractivity (Wildman–Crippen MR) is 67.7 cm³/mol. The molecule has 0 amide bonds. The topological polar surface area (TPSA) is 38.1 Å². The van der Waals surface area contributed by atoms with Gasteiger partial charge in [0.25, 0.3) is 0 Å². The average molecular weight is 230 g/mol. The molecule has 1 N–H and O–H groups in total. The van der Waals surface area contributed by atoms with Crippen LogP contribution in [0.15, 0.2) is 35.0 Å². The highest BCUT2D eigenvalue weighted by Crippen LogP contribution is 2.16. The number of nitrogens with one attached hydrogen (secondary N) is 1. The van der Waals surface area contributed by atoms with E-state index in [1.165, 1.54) is 11.1 Å². The van der Waals surface area contributed by atoms with E-state index in [0.717, 1.165) is 18.1 Å². The molecule has 90 valence electrons. The monoisotopic (exact) mass is 230 g/mol. The number of rotatable bonds is 4. The summed E-state index contributed by atoms with van der Waals surface area (Å²) in [5.74, 6) is 1.93. The van der Waals surface area contributed by atoms with E-state index in [1.807, 2.05) is 37.5 Å². The molecular formula is C14H18N2O. The molecule has 3 nitrogen and oxygen atoms in total. The zero-order valence-corrected chi connectivity index (χ0v) is 10.5. The fraction of sp³-hybridized carbons (Fsp3) is 0.357. The van der Waals surface area contributed by atoms with Gasteiger partial charge in [-0.15, -0.1) is 0 Å². The van der Waals surface area contributed by atoms with Crippen molar-refractivity contribution in [3.8, 4) is 0 Å². The maximum Gasteiger partial charge on any atom is 0.120 e. The first kappa shape index (κ1) is 11.9. The van der Waals surface area contributed by atoms with Crippen LogP contribution in [0.25, 0.3) is 0 Å². The zero-order valence-electron chi connectivity index (χ0n) is 10.5. The Balaban J connectivity index is 1.97. The lowest BCUT2D eigenvalue weighted by molar-refractivity contribution is 0.415. The lowest BCUT2D eigenvalue weighted by Crippen LogP contribution is -2.18. The number of aryl methyl sites for hydroxylation is 2. The number of aromatic nitrogens is 1. The van der Waals surface area contributed by atoms with Crippen LogP contribution in [-0.4, -0.2) is 4.98 Å². The normalized spacial score (nSPS) is 12.6. The van der Waals surface area contributed by atoms with Crippen LogP contribution in [0.5, 0.6) is 0 Å². The Bertz CT molecular complexity index is 490. The van der Waals surface area contributed by atoms with Gasteiger partial charge in [0.15, 0.2) is 0 Å². The molecule has 2 rings (SSSR count). The molecule has 2 heterocycles. The van der Waals surface area contributed by atoms with Crippen molar-refractivity contribution >= 4 is 0 Å². The van der Waals surface area contributed by atoms with Gasteiger partial charge in [0.05, 0.1) is 6.04 Å². The van der Waals surface area contributed by atoms with Gasteiger partial charge in [-0.1, -0.05) is 0 Å². The first-order chi connectivity index (χ1) is 8.16. The van der Waals surface area contributed by atoms with Crippen LogP contribution in [0.1, 0.15) is 35.6 Å². The lowest BCUT2D eigenvalue weighted by Gasteiger charge is -2.12. The zero-order chi connectivity index (χ0) is 12.3. The quantitative estimate of drug-likeness (QED) is 0.876. The molecule has 0 saturated carbocycles. The Labute approximate surface area is 102 Å². The summed E-state index contributed by atoms with van der Waals surface area (Å²) in [6, 6.07) is 6.24. The number of hydrogen-bond acceptors (Lipinski definition) is 3. The van der Waals surface area contributed by atoms with Gasteiger partial charge >= 0.3 is 0 Å². The molecule has 0 bridgehead atoms. The Morgan fingerprint density at radius 3 is 2.76 bits per heavy atom. The molecule has 0 fully saturated rings. The van der Waals surface area contributed by atoms with Gasteiger partial charge in [-0.25, -0.2) is 0 Å². The SMILES string of the molecule is Cc1ccc(C(C)NCc2cnccc2C)o1. The second kappa shape index (κ2) is 5.15. The third-order valence-electron chi connectivity index (χ3n) is 2.93. The van der Waals surface area contributed by atoms with Crippen molar-refractivity contribution in [2.24, 2.45) is 0 Å². The molecule has 0 aromatic carbocycles. The number of nitrogens with zero attached hydrogens (tertiary/aromatic N) is 1. The second-order valence-electron chi connectivity index (χ2n) is 4.35. The summed E-state index contributed by atoms with van der Waals surface area (Å²) in [4.78, 5) is 4.14. The van der Waals surface area contributed by atoms with Crippen LogP contribution >= 0.6 is 0 Å². The fourth-order valence-corrected chi connectivity index (χ4v) is 1.73. The molecular weight excluding hydrogens is 212 g/mol. The van der Waals surface area contributed by atoms with Crippen molar-refractivity contribution < 1.29 is 4.42 Å². The smallest absolute Gasteiger partial charge is 0.120 e. The van der Waals surface area contributed by atoms with E-state index in [4.69, 9.17) is 4.42 Å². The van der Waals surface area contributed by atoms with Crippen LogP contribution in [0.4, 0.5) is 0 Å². The Morgan fingerprint density at radius 1 is 1.29 bits per heavy atom. The average Bonchev–Trinajstić information content (AvgIpc) is 2.74. The number of furan rings is 1. The van der Waals surface area contributed by atoms with Crippen molar-refractivity contribution in [3.63, 3.8) is 0 Å². The first-order valence-electron chi connectivity index (χ1n) is 5.86. The molecule has 0 saturated heterocycles. The second-order valence-corrected chi connectivity index (χ2v) is 4.35. The van der Waals surface area contributed by atoms with E-state index in [9.17, 15) is 0 Å². The minimum atomic E-state index is 0.211. The summed E-state index contributed by atoms with van der Waals surface area (Å²) in [6.45, 7) is 6.96. The number of hydrogen-bond donors (Lipinski definition) is 1. The van der Waals surface area contributed by atoms with E-state index >= 15 is 0 Å². The van der Waals surface area contributed by atoms with Crippen molar-refractivity contribution in [1.82, 2.24) is 10.3 Å². The summed E-state index contributed by atoms with van der Waals surface area (Å²) < 4.78 is 5.59. The van der Waals surface area contributed by atoms with Crippen LogP contribution < -0.4 is 5.32 Å². The van der Waals surface area contributed by atoms with Crippen LogP contribution in [0, 0.1) is 13.8 Å². The van der Waals surface area contributed by atoms with Gasteiger partial charge in [-0.05, 0) is 50.1 Å². The van der Waals surface area contributed by atoms with E-state index in [2.05, 4.69) is 24.1 Å². The van der Waals surface area contributed by atoms with Crippen LogP contribution in [-0.2, 0) is 6.54 Å². The molecule has 1 unspecified atom stereocenters. The Morgan fingerprint density at radius 2 is 2.12 bits per heavy atom. The molecule has 17 heavy (non-hydrogen) atoms. The highest BCUT2D eigenvalue weighted by Gasteiger charge is 2.09. The molecule has 2 aromatic rings. The van der Waals surface area contributed by atoms with Gasteiger partial charge in [-0.3, -0.25) is 4.98 Å². The van der Waals surface area contributed by atoms with Gasteiger partial charge < -0.3 is 9.73 Å². The summed E-state index contributed by atoms with van der Waals surface area (Å²) in [5, 5.41) is 3.44. The third kappa shape index (κ3) is 2.94. The largest absolute Gasteiger partial charge is 0.465 e. The number of pyridine rings is 1. The molecule has 0 aliphatic heterocycles. The summed E-state index contributed by atoms with van der Waals surface area (Å²) in [6.07, 6.45) is 3.72. The van der Waals surface area contributed by atoms with Gasteiger partial charge in [-0.2, -0.15) is 0 Å². The first-order valence-corrected chi connectivity index (χ1v) is 5.86. The van der Waals surface area contributed by atoms with Crippen LogP contribution in [0.3, 0.4) is 0 Å². The minimum absolute atomic E-state index is 0.211. The van der Waals surface area contributed by atoms with Crippen molar-refractivity contribution in [3.05, 3.63) is 53.2 Å². The molecule has 1 atom stereocenters. The molecule has 0 radical (unpaired) electrons. The maximum absolute atomic E-state index is 5.59. The van der Waals surface area contributed by atoms with Crippen molar-refractivity contribution in [2.45, 2.75) is 33.4 Å². The third-order valence-corrected chi connectivity index (χ3v) is 2.93. The fourth-order valence-electron chi connectivity index (χ4n) is 1.73. The van der Waals surface area contributed by atoms with Gasteiger partial charge in [0, 0.05) is 18.9 Å².